The van der Waals surface area contributed by atoms with Gasteiger partial charge in [-0.05, 0) is 42.2 Å². The molecule has 146 valence electrons. The van der Waals surface area contributed by atoms with Crippen molar-refractivity contribution in [2.24, 2.45) is 0 Å². The van der Waals surface area contributed by atoms with Gasteiger partial charge in [0.15, 0.2) is 0 Å². The lowest BCUT2D eigenvalue weighted by atomic mass is 10.1. The van der Waals surface area contributed by atoms with E-state index >= 15 is 0 Å². The summed E-state index contributed by atoms with van der Waals surface area (Å²) in [6, 6.07) is 19.1. The Balaban J connectivity index is 1.29. The first-order valence-corrected chi connectivity index (χ1v) is 9.94. The standard InChI is InChI=1S/C23H21FN4O/c24-17-6-8-18(9-7-17)27-10-12-28(13-11-27)23-21(15-25)26-22(29-23)20-14-19(20)16-4-2-1-3-5-16/h1-9,19-20H,10-14H2/t19-,20+/m0/s1. The molecule has 2 fully saturated rings. The van der Waals surface area contributed by atoms with Crippen molar-refractivity contribution in [2.75, 3.05) is 36.0 Å². The lowest BCUT2D eigenvalue weighted by molar-refractivity contribution is 0.476. The first kappa shape index (κ1) is 17.7. The van der Waals surface area contributed by atoms with Gasteiger partial charge in [-0.2, -0.15) is 5.26 Å². The van der Waals surface area contributed by atoms with Crippen molar-refractivity contribution in [3.63, 3.8) is 0 Å². The number of nitriles is 1. The smallest absolute Gasteiger partial charge is 0.234 e. The summed E-state index contributed by atoms with van der Waals surface area (Å²) < 4.78 is 19.3. The summed E-state index contributed by atoms with van der Waals surface area (Å²) >= 11 is 0. The minimum Gasteiger partial charge on any atom is -0.423 e. The largest absolute Gasteiger partial charge is 0.423 e. The van der Waals surface area contributed by atoms with Gasteiger partial charge in [-0.1, -0.05) is 30.3 Å². The third-order valence-electron chi connectivity index (χ3n) is 5.83. The molecule has 1 aliphatic heterocycles. The predicted octanol–water partition coefficient (Wildman–Crippen LogP) is 4.28. The maximum Gasteiger partial charge on any atom is 0.234 e. The van der Waals surface area contributed by atoms with Gasteiger partial charge in [0.25, 0.3) is 0 Å². The van der Waals surface area contributed by atoms with Gasteiger partial charge in [0.1, 0.15) is 11.9 Å². The van der Waals surface area contributed by atoms with Crippen molar-refractivity contribution in [1.29, 1.82) is 5.26 Å². The Bertz CT molecular complexity index is 1030. The fourth-order valence-corrected chi connectivity index (χ4v) is 4.13. The van der Waals surface area contributed by atoms with Crippen molar-refractivity contribution < 1.29 is 8.81 Å². The summed E-state index contributed by atoms with van der Waals surface area (Å²) in [5.74, 6) is 1.70. The van der Waals surface area contributed by atoms with Crippen molar-refractivity contribution in [3.05, 3.63) is 77.6 Å². The minimum absolute atomic E-state index is 0.228. The fourth-order valence-electron chi connectivity index (χ4n) is 4.13. The molecule has 2 aliphatic rings. The summed E-state index contributed by atoms with van der Waals surface area (Å²) in [6.45, 7) is 3.02. The third kappa shape index (κ3) is 3.44. The van der Waals surface area contributed by atoms with Crippen LogP contribution in [0.25, 0.3) is 0 Å². The molecule has 29 heavy (non-hydrogen) atoms. The van der Waals surface area contributed by atoms with Gasteiger partial charge in [0, 0.05) is 37.8 Å². The average Bonchev–Trinajstić information content (AvgIpc) is 3.46. The Hall–Kier alpha value is -3.33. The van der Waals surface area contributed by atoms with Crippen LogP contribution in [0.2, 0.25) is 0 Å². The summed E-state index contributed by atoms with van der Waals surface area (Å²) in [5, 5.41) is 9.56. The molecule has 1 aliphatic carbocycles. The van der Waals surface area contributed by atoms with Gasteiger partial charge in [-0.25, -0.2) is 9.37 Å². The number of rotatable bonds is 4. The van der Waals surface area contributed by atoms with Crippen LogP contribution in [0.1, 0.15) is 35.4 Å². The zero-order valence-electron chi connectivity index (χ0n) is 16.0. The summed E-state index contributed by atoms with van der Waals surface area (Å²) in [6.07, 6.45) is 1.01. The lowest BCUT2D eigenvalue weighted by Gasteiger charge is -2.35. The summed E-state index contributed by atoms with van der Waals surface area (Å²) in [4.78, 5) is 8.81. The normalized spacial score (nSPS) is 21.1. The van der Waals surface area contributed by atoms with E-state index in [0.717, 1.165) is 38.3 Å². The molecule has 0 amide bonds. The second-order valence-electron chi connectivity index (χ2n) is 7.63. The van der Waals surface area contributed by atoms with Crippen LogP contribution in [0, 0.1) is 17.1 Å². The molecule has 0 unspecified atom stereocenters. The number of piperazine rings is 1. The van der Waals surface area contributed by atoms with Crippen molar-refractivity contribution in [3.8, 4) is 6.07 Å². The Morgan fingerprint density at radius 3 is 2.31 bits per heavy atom. The van der Waals surface area contributed by atoms with Gasteiger partial charge in [-0.3, -0.25) is 0 Å². The molecule has 6 heteroatoms. The molecule has 2 atom stereocenters. The zero-order valence-corrected chi connectivity index (χ0v) is 16.0. The fraction of sp³-hybridized carbons (Fsp3) is 0.304. The Morgan fingerprint density at radius 1 is 0.931 bits per heavy atom. The molecular formula is C23H21FN4O. The van der Waals surface area contributed by atoms with Crippen LogP contribution < -0.4 is 9.80 Å². The monoisotopic (exact) mass is 388 g/mol. The number of nitrogens with zero attached hydrogens (tertiary/aromatic N) is 4. The maximum atomic E-state index is 13.2. The Labute approximate surface area is 169 Å². The lowest BCUT2D eigenvalue weighted by Crippen LogP contribution is -2.46. The molecule has 2 heterocycles. The number of oxazole rings is 1. The van der Waals surface area contributed by atoms with E-state index in [1.807, 2.05) is 18.2 Å². The van der Waals surface area contributed by atoms with Crippen LogP contribution in [-0.4, -0.2) is 31.2 Å². The van der Waals surface area contributed by atoms with E-state index in [1.54, 1.807) is 12.1 Å². The highest BCUT2D eigenvalue weighted by atomic mass is 19.1. The molecule has 0 N–H and O–H groups in total. The number of anilines is 2. The quantitative estimate of drug-likeness (QED) is 0.668. The van der Waals surface area contributed by atoms with Crippen molar-refractivity contribution in [2.45, 2.75) is 18.3 Å². The number of aromatic nitrogens is 1. The van der Waals surface area contributed by atoms with Crippen LogP contribution in [-0.2, 0) is 0 Å². The van der Waals surface area contributed by atoms with E-state index in [2.05, 4.69) is 33.0 Å². The molecule has 1 aromatic heterocycles. The molecule has 5 nitrogen and oxygen atoms in total. The second kappa shape index (κ2) is 7.25. The van der Waals surface area contributed by atoms with Crippen LogP contribution in [0.15, 0.2) is 59.0 Å². The molecule has 2 aromatic carbocycles. The van der Waals surface area contributed by atoms with Crippen LogP contribution in [0.3, 0.4) is 0 Å². The van der Waals surface area contributed by atoms with E-state index in [-0.39, 0.29) is 11.7 Å². The number of halogens is 1. The second-order valence-corrected chi connectivity index (χ2v) is 7.63. The van der Waals surface area contributed by atoms with Gasteiger partial charge in [-0.15, -0.1) is 0 Å². The highest BCUT2D eigenvalue weighted by molar-refractivity contribution is 5.52. The summed E-state index contributed by atoms with van der Waals surface area (Å²) in [7, 11) is 0. The molecule has 3 aromatic rings. The molecule has 5 rings (SSSR count). The predicted molar refractivity (Wildman–Crippen MR) is 109 cm³/mol. The maximum absolute atomic E-state index is 13.2. The van der Waals surface area contributed by atoms with Gasteiger partial charge >= 0.3 is 0 Å². The Morgan fingerprint density at radius 2 is 1.62 bits per heavy atom. The molecule has 0 spiro atoms. The van der Waals surface area contributed by atoms with Crippen molar-refractivity contribution >= 4 is 11.6 Å². The SMILES string of the molecule is N#Cc1nc([C@@H]2C[C@H]2c2ccccc2)oc1N1CCN(c2ccc(F)cc2)CC1. The zero-order chi connectivity index (χ0) is 19.8. The molecular weight excluding hydrogens is 367 g/mol. The van der Waals surface area contributed by atoms with E-state index < -0.39 is 0 Å². The topological polar surface area (TPSA) is 56.3 Å². The van der Waals surface area contributed by atoms with Crippen LogP contribution in [0.5, 0.6) is 0 Å². The first-order chi connectivity index (χ1) is 14.2. The highest BCUT2D eigenvalue weighted by Gasteiger charge is 2.44. The van der Waals surface area contributed by atoms with E-state index in [9.17, 15) is 9.65 Å². The number of hydrogen-bond donors (Lipinski definition) is 0. The molecule has 0 radical (unpaired) electrons. The number of benzene rings is 2. The molecule has 1 saturated heterocycles. The van der Waals surface area contributed by atoms with E-state index in [4.69, 9.17) is 4.42 Å². The summed E-state index contributed by atoms with van der Waals surface area (Å²) in [5.41, 5.74) is 2.67. The van der Waals surface area contributed by atoms with E-state index in [0.29, 0.717) is 23.4 Å². The Kier molecular flexibility index (Phi) is 4.44. The third-order valence-corrected chi connectivity index (χ3v) is 5.83. The highest BCUT2D eigenvalue weighted by Crippen LogP contribution is 2.54. The molecule has 1 saturated carbocycles. The van der Waals surface area contributed by atoms with Crippen LogP contribution >= 0.6 is 0 Å². The van der Waals surface area contributed by atoms with Gasteiger partial charge in [0.2, 0.25) is 17.5 Å². The first-order valence-electron chi connectivity index (χ1n) is 9.94. The number of hydrogen-bond acceptors (Lipinski definition) is 5. The van der Waals surface area contributed by atoms with Crippen molar-refractivity contribution in [1.82, 2.24) is 4.98 Å². The van der Waals surface area contributed by atoms with Gasteiger partial charge < -0.3 is 14.2 Å². The van der Waals surface area contributed by atoms with Crippen LogP contribution in [0.4, 0.5) is 16.0 Å². The minimum atomic E-state index is -0.228. The van der Waals surface area contributed by atoms with E-state index in [1.165, 1.54) is 17.7 Å². The molecule has 0 bridgehead atoms. The van der Waals surface area contributed by atoms with Gasteiger partial charge in [0.05, 0.1) is 0 Å². The average molecular weight is 388 g/mol.